The van der Waals surface area contributed by atoms with Crippen LogP contribution in [0.4, 0.5) is 11.6 Å². The molecule has 1 aliphatic heterocycles. The summed E-state index contributed by atoms with van der Waals surface area (Å²) in [5.74, 6) is 1.31. The minimum atomic E-state index is 0.402. The largest absolute Gasteiger partial charge is 0.383 e. The van der Waals surface area contributed by atoms with Gasteiger partial charge in [0.05, 0.1) is 11.1 Å². The first-order chi connectivity index (χ1) is 14.2. The first kappa shape index (κ1) is 17.9. The molecule has 0 unspecified atom stereocenters. The third kappa shape index (κ3) is 3.40. The summed E-state index contributed by atoms with van der Waals surface area (Å²) in [6.07, 6.45) is 3.83. The number of fused-ring (bicyclic) bond motifs is 1. The van der Waals surface area contributed by atoms with Gasteiger partial charge in [0.1, 0.15) is 17.8 Å². The van der Waals surface area contributed by atoms with Crippen molar-refractivity contribution in [2.45, 2.75) is 12.8 Å². The summed E-state index contributed by atoms with van der Waals surface area (Å²) in [6.45, 7) is 2.07. The fourth-order valence-electron chi connectivity index (χ4n) is 3.68. The molecule has 0 spiro atoms. The van der Waals surface area contributed by atoms with Gasteiger partial charge in [-0.2, -0.15) is 0 Å². The molecule has 0 radical (unpaired) electrons. The zero-order chi connectivity index (χ0) is 19.8. The number of aromatic nitrogens is 5. The van der Waals surface area contributed by atoms with Crippen molar-refractivity contribution in [3.8, 4) is 22.5 Å². The fourth-order valence-corrected chi connectivity index (χ4v) is 4.08. The van der Waals surface area contributed by atoms with Gasteiger partial charge in [-0.05, 0) is 54.3 Å². The second-order valence-electron chi connectivity index (χ2n) is 6.99. The molecule has 0 aliphatic carbocycles. The van der Waals surface area contributed by atoms with Crippen molar-refractivity contribution in [1.29, 1.82) is 0 Å². The number of benzene rings is 1. The lowest BCUT2D eigenvalue weighted by Gasteiger charge is -2.15. The first-order valence-electron chi connectivity index (χ1n) is 9.45. The molecule has 1 saturated heterocycles. The molecule has 144 valence electrons. The quantitative estimate of drug-likeness (QED) is 0.505. The van der Waals surface area contributed by atoms with Crippen molar-refractivity contribution in [1.82, 2.24) is 25.1 Å². The van der Waals surface area contributed by atoms with Crippen LogP contribution in [0.2, 0.25) is 0 Å². The van der Waals surface area contributed by atoms with Crippen molar-refractivity contribution in [3.63, 3.8) is 0 Å². The topological polar surface area (TPSA) is 93.7 Å². The van der Waals surface area contributed by atoms with Crippen LogP contribution in [0, 0.1) is 0 Å². The predicted molar refractivity (Wildman–Crippen MR) is 117 cm³/mol. The van der Waals surface area contributed by atoms with Gasteiger partial charge in [0.25, 0.3) is 0 Å². The molecule has 29 heavy (non-hydrogen) atoms. The Bertz CT molecular complexity index is 1190. The average Bonchev–Trinajstić information content (AvgIpc) is 3.28. The van der Waals surface area contributed by atoms with E-state index in [1.165, 1.54) is 19.2 Å². The Labute approximate surface area is 176 Å². The van der Waals surface area contributed by atoms with E-state index in [0.29, 0.717) is 22.9 Å². The Morgan fingerprint density at radius 3 is 2.55 bits per heavy atom. The van der Waals surface area contributed by atoms with Crippen LogP contribution in [0.15, 0.2) is 53.3 Å². The van der Waals surface area contributed by atoms with E-state index in [9.17, 15) is 0 Å². The maximum atomic E-state index is 6.17. The summed E-state index contributed by atoms with van der Waals surface area (Å²) >= 11 is 3.54. The van der Waals surface area contributed by atoms with Crippen LogP contribution in [0.5, 0.6) is 0 Å². The molecule has 8 heteroatoms. The molecule has 1 fully saturated rings. The highest BCUT2D eigenvalue weighted by atomic mass is 79.9. The maximum Gasteiger partial charge on any atom is 0.165 e. The standard InChI is InChI=1S/C21H18BrN7/c22-14-5-3-4-13(10-14)15-11-17(26-21-19(15)20(23)24-12-25-21)16-6-7-18(28-27-16)29-8-1-2-9-29/h3-7,10-12H,1-2,8-9H2,(H2,23,24,25,26). The molecule has 1 aliphatic rings. The van der Waals surface area contributed by atoms with E-state index >= 15 is 0 Å². The maximum absolute atomic E-state index is 6.17. The monoisotopic (exact) mass is 447 g/mol. The van der Waals surface area contributed by atoms with E-state index in [1.54, 1.807) is 0 Å². The lowest BCUT2D eigenvalue weighted by atomic mass is 10.0. The molecule has 7 nitrogen and oxygen atoms in total. The molecule has 0 saturated carbocycles. The van der Waals surface area contributed by atoms with Crippen molar-refractivity contribution in [2.24, 2.45) is 0 Å². The van der Waals surface area contributed by atoms with Gasteiger partial charge in [0.15, 0.2) is 11.5 Å². The highest BCUT2D eigenvalue weighted by Gasteiger charge is 2.17. The molecular formula is C21H18BrN7. The number of nitrogens with two attached hydrogens (primary N) is 1. The number of nitrogen functional groups attached to an aromatic ring is 1. The number of nitrogens with zero attached hydrogens (tertiary/aromatic N) is 6. The van der Waals surface area contributed by atoms with Crippen LogP contribution < -0.4 is 10.6 Å². The number of anilines is 2. The Kier molecular flexibility index (Phi) is 4.55. The SMILES string of the molecule is Nc1ncnc2nc(-c3ccc(N4CCCC4)nn3)cc(-c3cccc(Br)c3)c12. The fraction of sp³-hybridized carbons (Fsp3) is 0.190. The van der Waals surface area contributed by atoms with Gasteiger partial charge in [-0.25, -0.2) is 15.0 Å². The third-order valence-corrected chi connectivity index (χ3v) is 5.61. The summed E-state index contributed by atoms with van der Waals surface area (Å²) in [5, 5.41) is 9.59. The number of halogens is 1. The van der Waals surface area contributed by atoms with Gasteiger partial charge in [-0.15, -0.1) is 10.2 Å². The van der Waals surface area contributed by atoms with Crippen molar-refractivity contribution >= 4 is 38.6 Å². The molecule has 0 bridgehead atoms. The summed E-state index contributed by atoms with van der Waals surface area (Å²) in [6, 6.07) is 14.0. The molecule has 2 N–H and O–H groups in total. The number of hydrogen-bond donors (Lipinski definition) is 1. The third-order valence-electron chi connectivity index (χ3n) is 5.11. The Balaban J connectivity index is 1.65. The van der Waals surface area contributed by atoms with Crippen LogP contribution in [-0.2, 0) is 0 Å². The highest BCUT2D eigenvalue weighted by molar-refractivity contribution is 9.10. The van der Waals surface area contributed by atoms with Crippen molar-refractivity contribution < 1.29 is 0 Å². The zero-order valence-corrected chi connectivity index (χ0v) is 17.2. The normalized spacial score (nSPS) is 13.9. The molecule has 4 heterocycles. The Hall–Kier alpha value is -3.13. The Morgan fingerprint density at radius 1 is 0.931 bits per heavy atom. The van der Waals surface area contributed by atoms with Gasteiger partial charge >= 0.3 is 0 Å². The highest BCUT2D eigenvalue weighted by Crippen LogP contribution is 2.34. The second kappa shape index (κ2) is 7.36. The van der Waals surface area contributed by atoms with Crippen LogP contribution in [0.1, 0.15) is 12.8 Å². The van der Waals surface area contributed by atoms with E-state index in [0.717, 1.165) is 39.9 Å². The molecule has 3 aromatic heterocycles. The smallest absolute Gasteiger partial charge is 0.165 e. The predicted octanol–water partition coefficient (Wildman–Crippen LogP) is 4.09. The van der Waals surface area contributed by atoms with E-state index in [4.69, 9.17) is 5.73 Å². The second-order valence-corrected chi connectivity index (χ2v) is 7.91. The van der Waals surface area contributed by atoms with E-state index in [1.807, 2.05) is 42.5 Å². The van der Waals surface area contributed by atoms with Gasteiger partial charge in [-0.1, -0.05) is 28.1 Å². The first-order valence-corrected chi connectivity index (χ1v) is 10.2. The average molecular weight is 448 g/mol. The molecular weight excluding hydrogens is 430 g/mol. The van der Waals surface area contributed by atoms with Gasteiger partial charge in [0.2, 0.25) is 0 Å². The van der Waals surface area contributed by atoms with E-state index in [-0.39, 0.29) is 0 Å². The van der Waals surface area contributed by atoms with Gasteiger partial charge in [0, 0.05) is 17.6 Å². The number of hydrogen-bond acceptors (Lipinski definition) is 7. The van der Waals surface area contributed by atoms with Crippen LogP contribution in [0.3, 0.4) is 0 Å². The summed E-state index contributed by atoms with van der Waals surface area (Å²) in [4.78, 5) is 15.4. The van der Waals surface area contributed by atoms with Crippen LogP contribution in [-0.4, -0.2) is 38.2 Å². The zero-order valence-electron chi connectivity index (χ0n) is 15.6. The summed E-state index contributed by atoms with van der Waals surface area (Å²) < 4.78 is 0.978. The number of pyridine rings is 1. The van der Waals surface area contributed by atoms with Crippen LogP contribution in [0.25, 0.3) is 33.5 Å². The molecule has 4 aromatic rings. The molecule has 5 rings (SSSR count). The molecule has 0 amide bonds. The van der Waals surface area contributed by atoms with Crippen molar-refractivity contribution in [3.05, 3.63) is 53.3 Å². The summed E-state index contributed by atoms with van der Waals surface area (Å²) in [7, 11) is 0. The Morgan fingerprint density at radius 2 is 1.79 bits per heavy atom. The molecule has 0 atom stereocenters. The van der Waals surface area contributed by atoms with E-state index in [2.05, 4.69) is 46.0 Å². The van der Waals surface area contributed by atoms with Crippen molar-refractivity contribution in [2.75, 3.05) is 23.7 Å². The minimum absolute atomic E-state index is 0.402. The number of rotatable bonds is 3. The summed E-state index contributed by atoms with van der Waals surface area (Å²) in [5.41, 5.74) is 10.0. The molecule has 1 aromatic carbocycles. The minimum Gasteiger partial charge on any atom is -0.383 e. The lowest BCUT2D eigenvalue weighted by molar-refractivity contribution is 0.895. The van der Waals surface area contributed by atoms with Crippen LogP contribution >= 0.6 is 15.9 Å². The van der Waals surface area contributed by atoms with Gasteiger partial charge in [-0.3, -0.25) is 0 Å². The van der Waals surface area contributed by atoms with Gasteiger partial charge < -0.3 is 10.6 Å². The lowest BCUT2D eigenvalue weighted by Crippen LogP contribution is -2.19. The van der Waals surface area contributed by atoms with E-state index < -0.39 is 0 Å².